The van der Waals surface area contributed by atoms with Crippen LogP contribution in [0.4, 0.5) is 16.2 Å². The number of hydrogen-bond acceptors (Lipinski definition) is 5. The first kappa shape index (κ1) is 19.7. The van der Waals surface area contributed by atoms with Crippen molar-refractivity contribution < 1.29 is 19.1 Å². The second-order valence-corrected chi connectivity index (χ2v) is 8.05. The Labute approximate surface area is 167 Å². The van der Waals surface area contributed by atoms with Gasteiger partial charge < -0.3 is 14.8 Å². The topological polar surface area (TPSA) is 76.7 Å². The van der Waals surface area contributed by atoms with Crippen molar-refractivity contribution in [2.24, 2.45) is 0 Å². The van der Waals surface area contributed by atoms with Crippen molar-refractivity contribution in [3.05, 3.63) is 53.4 Å². The highest BCUT2D eigenvalue weighted by atomic mass is 32.1. The van der Waals surface area contributed by atoms with Gasteiger partial charge in [-0.2, -0.15) is 0 Å². The summed E-state index contributed by atoms with van der Waals surface area (Å²) in [5.41, 5.74) is 0.787. The molecule has 6 nitrogen and oxygen atoms in total. The summed E-state index contributed by atoms with van der Waals surface area (Å²) in [5.74, 6) is 0.290. The zero-order chi connectivity index (χ0) is 20.3. The quantitative estimate of drug-likeness (QED) is 0.608. The molecule has 3 rings (SSSR count). The highest BCUT2D eigenvalue weighted by Gasteiger charge is 2.19. The van der Waals surface area contributed by atoms with E-state index in [0.717, 1.165) is 10.1 Å². The van der Waals surface area contributed by atoms with Crippen molar-refractivity contribution >= 4 is 44.8 Å². The second kappa shape index (κ2) is 7.90. The maximum atomic E-state index is 12.9. The summed E-state index contributed by atoms with van der Waals surface area (Å²) in [6, 6.07) is 12.7. The van der Waals surface area contributed by atoms with Gasteiger partial charge in [0.05, 0.1) is 24.0 Å². The third kappa shape index (κ3) is 4.61. The Morgan fingerprint density at radius 3 is 2.46 bits per heavy atom. The molecule has 28 heavy (non-hydrogen) atoms. The fourth-order valence-electron chi connectivity index (χ4n) is 2.62. The van der Waals surface area contributed by atoms with Crippen LogP contribution in [0.5, 0.6) is 5.75 Å². The molecule has 0 unspecified atom stereocenters. The molecule has 0 fully saturated rings. The Balaban J connectivity index is 1.87. The number of thiophene rings is 1. The summed E-state index contributed by atoms with van der Waals surface area (Å²) in [6.07, 6.45) is -0.603. The minimum absolute atomic E-state index is 0.266. The van der Waals surface area contributed by atoms with Crippen LogP contribution in [0, 0.1) is 0 Å². The summed E-state index contributed by atoms with van der Waals surface area (Å²) in [5, 5.41) is 8.25. The third-order valence-electron chi connectivity index (χ3n) is 3.84. The molecule has 0 saturated carbocycles. The lowest BCUT2D eigenvalue weighted by molar-refractivity contribution is 0.0635. The summed E-state index contributed by atoms with van der Waals surface area (Å²) >= 11 is 1.51. The molecule has 0 aliphatic heterocycles. The molecule has 0 atom stereocenters. The lowest BCUT2D eigenvalue weighted by Crippen LogP contribution is -2.27. The smallest absolute Gasteiger partial charge is 0.412 e. The maximum absolute atomic E-state index is 12.9. The lowest BCUT2D eigenvalue weighted by Gasteiger charge is -2.20. The summed E-state index contributed by atoms with van der Waals surface area (Å²) in [7, 11) is 1.54. The summed E-state index contributed by atoms with van der Waals surface area (Å²) in [6.45, 7) is 5.35. The molecular weight excluding hydrogens is 376 g/mol. The van der Waals surface area contributed by atoms with E-state index in [1.54, 1.807) is 39.0 Å². The summed E-state index contributed by atoms with van der Waals surface area (Å²) < 4.78 is 11.6. The molecule has 146 valence electrons. The number of carbonyl (C=O) groups is 2. The molecule has 0 bridgehead atoms. The minimum Gasteiger partial charge on any atom is -0.497 e. The monoisotopic (exact) mass is 398 g/mol. The standard InChI is InChI=1S/C21H22N2O4S/c1-21(2,3)27-20(25)23-16-10-9-13(26-4)11-17(16)22-19(24)15-12-28-18-8-6-5-7-14(15)18/h5-12H,1-4H3,(H,22,24)(H,23,25). The molecule has 1 heterocycles. The molecule has 0 saturated heterocycles. The van der Waals surface area contributed by atoms with Crippen LogP contribution < -0.4 is 15.4 Å². The lowest BCUT2D eigenvalue weighted by atomic mass is 10.1. The number of benzene rings is 2. The van der Waals surface area contributed by atoms with Crippen LogP contribution in [-0.4, -0.2) is 24.7 Å². The number of methoxy groups -OCH3 is 1. The molecule has 7 heteroatoms. The van der Waals surface area contributed by atoms with Crippen LogP contribution in [0.3, 0.4) is 0 Å². The molecule has 2 aromatic carbocycles. The number of amides is 2. The van der Waals surface area contributed by atoms with E-state index in [1.165, 1.54) is 18.4 Å². The first-order valence-corrected chi connectivity index (χ1v) is 9.60. The molecule has 2 N–H and O–H groups in total. The number of nitrogens with one attached hydrogen (secondary N) is 2. The van der Waals surface area contributed by atoms with Crippen molar-refractivity contribution in [1.82, 2.24) is 0 Å². The van der Waals surface area contributed by atoms with Crippen LogP contribution in [0.2, 0.25) is 0 Å². The predicted octanol–water partition coefficient (Wildman–Crippen LogP) is 5.51. The van der Waals surface area contributed by atoms with Crippen molar-refractivity contribution in [2.45, 2.75) is 26.4 Å². The SMILES string of the molecule is COc1ccc(NC(=O)OC(C)(C)C)c(NC(=O)c2csc3ccccc23)c1. The highest BCUT2D eigenvalue weighted by Crippen LogP contribution is 2.30. The van der Waals surface area contributed by atoms with E-state index in [2.05, 4.69) is 10.6 Å². The van der Waals surface area contributed by atoms with Crippen LogP contribution in [0.1, 0.15) is 31.1 Å². The Bertz CT molecular complexity index is 1020. The fraction of sp³-hybridized carbons (Fsp3) is 0.238. The molecule has 2 amide bonds. The van der Waals surface area contributed by atoms with Gasteiger partial charge in [0.2, 0.25) is 0 Å². The maximum Gasteiger partial charge on any atom is 0.412 e. The van der Waals surface area contributed by atoms with Crippen LogP contribution in [-0.2, 0) is 4.74 Å². The minimum atomic E-state index is -0.629. The van der Waals surface area contributed by atoms with E-state index in [9.17, 15) is 9.59 Å². The van der Waals surface area contributed by atoms with E-state index in [0.29, 0.717) is 22.7 Å². The third-order valence-corrected chi connectivity index (χ3v) is 4.80. The Morgan fingerprint density at radius 2 is 1.75 bits per heavy atom. The van der Waals surface area contributed by atoms with Crippen molar-refractivity contribution in [1.29, 1.82) is 0 Å². The van der Waals surface area contributed by atoms with E-state index in [-0.39, 0.29) is 5.91 Å². The number of anilines is 2. The van der Waals surface area contributed by atoms with Crippen LogP contribution >= 0.6 is 11.3 Å². The van der Waals surface area contributed by atoms with Crippen molar-refractivity contribution in [2.75, 3.05) is 17.7 Å². The highest BCUT2D eigenvalue weighted by molar-refractivity contribution is 7.17. The molecular formula is C21H22N2O4S. The van der Waals surface area contributed by atoms with E-state index < -0.39 is 11.7 Å². The Hall–Kier alpha value is -3.06. The van der Waals surface area contributed by atoms with Crippen LogP contribution in [0.25, 0.3) is 10.1 Å². The van der Waals surface area contributed by atoms with Gasteiger partial charge in [-0.05, 0) is 39.0 Å². The first-order chi connectivity index (χ1) is 13.3. The van der Waals surface area contributed by atoms with Gasteiger partial charge in [-0.3, -0.25) is 10.1 Å². The Morgan fingerprint density at radius 1 is 1.00 bits per heavy atom. The van der Waals surface area contributed by atoms with Gasteiger partial charge in [-0.1, -0.05) is 18.2 Å². The van der Waals surface area contributed by atoms with Gasteiger partial charge in [0, 0.05) is 21.5 Å². The molecule has 0 spiro atoms. The fourth-order valence-corrected chi connectivity index (χ4v) is 3.56. The number of rotatable bonds is 4. The molecule has 0 aliphatic carbocycles. The molecule has 0 aliphatic rings. The van der Waals surface area contributed by atoms with Crippen molar-refractivity contribution in [3.8, 4) is 5.75 Å². The predicted molar refractivity (Wildman–Crippen MR) is 113 cm³/mol. The van der Waals surface area contributed by atoms with Crippen LogP contribution in [0.15, 0.2) is 47.8 Å². The number of fused-ring (bicyclic) bond motifs is 1. The zero-order valence-corrected chi connectivity index (χ0v) is 17.0. The first-order valence-electron chi connectivity index (χ1n) is 8.72. The van der Waals surface area contributed by atoms with Gasteiger partial charge in [0.25, 0.3) is 5.91 Å². The number of carbonyl (C=O) groups excluding carboxylic acids is 2. The normalized spacial score (nSPS) is 11.1. The Kier molecular flexibility index (Phi) is 5.56. The van der Waals surface area contributed by atoms with Gasteiger partial charge >= 0.3 is 6.09 Å². The molecule has 3 aromatic rings. The van der Waals surface area contributed by atoms with Gasteiger partial charge in [0.15, 0.2) is 0 Å². The summed E-state index contributed by atoms with van der Waals surface area (Å²) in [4.78, 5) is 25.0. The largest absolute Gasteiger partial charge is 0.497 e. The van der Waals surface area contributed by atoms with Gasteiger partial charge in [-0.25, -0.2) is 4.79 Å². The molecule has 0 radical (unpaired) electrons. The van der Waals surface area contributed by atoms with Gasteiger partial charge in [0.1, 0.15) is 11.4 Å². The van der Waals surface area contributed by atoms with Gasteiger partial charge in [-0.15, -0.1) is 11.3 Å². The molecule has 1 aromatic heterocycles. The number of ether oxygens (including phenoxy) is 2. The van der Waals surface area contributed by atoms with E-state index >= 15 is 0 Å². The average molecular weight is 398 g/mol. The number of hydrogen-bond donors (Lipinski definition) is 2. The van der Waals surface area contributed by atoms with E-state index in [1.807, 2.05) is 29.6 Å². The van der Waals surface area contributed by atoms with Crippen molar-refractivity contribution in [3.63, 3.8) is 0 Å². The zero-order valence-electron chi connectivity index (χ0n) is 16.2. The average Bonchev–Trinajstić information content (AvgIpc) is 3.05. The van der Waals surface area contributed by atoms with E-state index in [4.69, 9.17) is 9.47 Å². The second-order valence-electron chi connectivity index (χ2n) is 7.14.